The highest BCUT2D eigenvalue weighted by molar-refractivity contribution is 6.05. The standard InChI is InChI=1S/C15H20N2O5/c1-3-21-6-7-22-15(19)10-17-13-5-4-11(20-2)8-12(13)16-9-14(17)18/h4-5,8,16H,3,6-7,9-10H2,1-2H3. The monoisotopic (exact) mass is 308 g/mol. The van der Waals surface area contributed by atoms with Crippen molar-refractivity contribution < 1.29 is 23.8 Å². The summed E-state index contributed by atoms with van der Waals surface area (Å²) in [6.45, 7) is 2.99. The topological polar surface area (TPSA) is 77.1 Å². The van der Waals surface area contributed by atoms with E-state index in [2.05, 4.69) is 5.32 Å². The molecule has 7 nitrogen and oxygen atoms in total. The molecule has 120 valence electrons. The maximum absolute atomic E-state index is 12.0. The van der Waals surface area contributed by atoms with E-state index in [0.29, 0.717) is 24.7 Å². The van der Waals surface area contributed by atoms with Gasteiger partial charge in [-0.05, 0) is 19.1 Å². The molecule has 0 aromatic heterocycles. The molecule has 0 bridgehead atoms. The Morgan fingerprint density at radius 2 is 2.18 bits per heavy atom. The zero-order valence-electron chi connectivity index (χ0n) is 12.8. The van der Waals surface area contributed by atoms with Gasteiger partial charge < -0.3 is 19.5 Å². The number of nitrogens with zero attached hydrogens (tertiary/aromatic N) is 1. The van der Waals surface area contributed by atoms with Gasteiger partial charge in [0.05, 0.1) is 31.6 Å². The van der Waals surface area contributed by atoms with Crippen LogP contribution in [0.5, 0.6) is 5.75 Å². The van der Waals surface area contributed by atoms with Crippen LogP contribution in [0.3, 0.4) is 0 Å². The van der Waals surface area contributed by atoms with Gasteiger partial charge in [0.1, 0.15) is 18.9 Å². The average Bonchev–Trinajstić information content (AvgIpc) is 2.54. The zero-order valence-corrected chi connectivity index (χ0v) is 12.8. The van der Waals surface area contributed by atoms with Crippen molar-refractivity contribution in [1.82, 2.24) is 0 Å². The summed E-state index contributed by atoms with van der Waals surface area (Å²) >= 11 is 0. The SMILES string of the molecule is CCOCCOC(=O)CN1C(=O)CNc2cc(OC)ccc21. The second-order valence-electron chi connectivity index (χ2n) is 4.63. The fourth-order valence-corrected chi connectivity index (χ4v) is 2.13. The third-order valence-corrected chi connectivity index (χ3v) is 3.21. The predicted octanol–water partition coefficient (Wildman–Crippen LogP) is 1.03. The second-order valence-corrected chi connectivity index (χ2v) is 4.63. The fraction of sp³-hybridized carbons (Fsp3) is 0.467. The average molecular weight is 308 g/mol. The van der Waals surface area contributed by atoms with Crippen molar-refractivity contribution in [2.24, 2.45) is 0 Å². The van der Waals surface area contributed by atoms with Gasteiger partial charge in [-0.15, -0.1) is 0 Å². The Labute approximate surface area is 129 Å². The molecule has 0 unspecified atom stereocenters. The maximum Gasteiger partial charge on any atom is 0.326 e. The molecule has 0 saturated carbocycles. The van der Waals surface area contributed by atoms with Crippen molar-refractivity contribution in [2.75, 3.05) is 50.2 Å². The second kappa shape index (κ2) is 7.65. The Bertz CT molecular complexity index is 547. The van der Waals surface area contributed by atoms with Crippen LogP contribution >= 0.6 is 0 Å². The van der Waals surface area contributed by atoms with Crippen molar-refractivity contribution >= 4 is 23.3 Å². The van der Waals surface area contributed by atoms with Gasteiger partial charge in [-0.3, -0.25) is 14.5 Å². The Morgan fingerprint density at radius 1 is 1.36 bits per heavy atom. The summed E-state index contributed by atoms with van der Waals surface area (Å²) in [7, 11) is 1.57. The van der Waals surface area contributed by atoms with Crippen molar-refractivity contribution in [1.29, 1.82) is 0 Å². The van der Waals surface area contributed by atoms with E-state index in [1.165, 1.54) is 4.90 Å². The lowest BCUT2D eigenvalue weighted by atomic mass is 10.2. The smallest absolute Gasteiger partial charge is 0.326 e. The highest BCUT2D eigenvalue weighted by Crippen LogP contribution is 2.32. The minimum atomic E-state index is -0.461. The molecular formula is C15H20N2O5. The molecule has 2 rings (SSSR count). The lowest BCUT2D eigenvalue weighted by Crippen LogP contribution is -2.43. The molecule has 7 heteroatoms. The quantitative estimate of drug-likeness (QED) is 0.599. The van der Waals surface area contributed by atoms with Gasteiger partial charge in [0.15, 0.2) is 0 Å². The minimum absolute atomic E-state index is 0.119. The Morgan fingerprint density at radius 3 is 2.91 bits per heavy atom. The van der Waals surface area contributed by atoms with E-state index in [1.807, 2.05) is 6.92 Å². The molecule has 0 aliphatic carbocycles. The first-order valence-electron chi connectivity index (χ1n) is 7.11. The largest absolute Gasteiger partial charge is 0.497 e. The van der Waals surface area contributed by atoms with E-state index in [9.17, 15) is 9.59 Å². The number of ether oxygens (including phenoxy) is 3. The molecule has 0 atom stereocenters. The van der Waals surface area contributed by atoms with Crippen LogP contribution in [-0.4, -0.2) is 51.9 Å². The summed E-state index contributed by atoms with van der Waals surface area (Å²) in [5, 5.41) is 3.01. The van der Waals surface area contributed by atoms with Crippen LogP contribution in [-0.2, 0) is 19.1 Å². The Hall–Kier alpha value is -2.28. The van der Waals surface area contributed by atoms with Crippen LogP contribution in [0.15, 0.2) is 18.2 Å². The van der Waals surface area contributed by atoms with Crippen molar-refractivity contribution in [3.05, 3.63) is 18.2 Å². The summed E-state index contributed by atoms with van der Waals surface area (Å²) in [5.41, 5.74) is 1.39. The van der Waals surface area contributed by atoms with Gasteiger partial charge >= 0.3 is 5.97 Å². The van der Waals surface area contributed by atoms with E-state index < -0.39 is 5.97 Å². The van der Waals surface area contributed by atoms with Gasteiger partial charge in [-0.2, -0.15) is 0 Å². The third-order valence-electron chi connectivity index (χ3n) is 3.21. The summed E-state index contributed by atoms with van der Waals surface area (Å²) in [6, 6.07) is 5.27. The number of esters is 1. The summed E-state index contributed by atoms with van der Waals surface area (Å²) in [5.74, 6) is 0.0380. The van der Waals surface area contributed by atoms with Crippen LogP contribution in [0.1, 0.15) is 6.92 Å². The fourth-order valence-electron chi connectivity index (χ4n) is 2.13. The predicted molar refractivity (Wildman–Crippen MR) is 81.3 cm³/mol. The van der Waals surface area contributed by atoms with Crippen LogP contribution in [0.25, 0.3) is 0 Å². The van der Waals surface area contributed by atoms with Gasteiger partial charge in [-0.1, -0.05) is 0 Å². The van der Waals surface area contributed by atoms with Crippen LogP contribution in [0.4, 0.5) is 11.4 Å². The van der Waals surface area contributed by atoms with E-state index in [1.54, 1.807) is 25.3 Å². The molecule has 1 aromatic carbocycles. The lowest BCUT2D eigenvalue weighted by molar-refractivity contribution is -0.144. The molecule has 0 saturated heterocycles. The number of hydrogen-bond acceptors (Lipinski definition) is 6. The highest BCUT2D eigenvalue weighted by atomic mass is 16.6. The molecule has 22 heavy (non-hydrogen) atoms. The third kappa shape index (κ3) is 3.88. The number of nitrogens with one attached hydrogen (secondary N) is 1. The number of anilines is 2. The lowest BCUT2D eigenvalue weighted by Gasteiger charge is -2.29. The normalized spacial score (nSPS) is 13.4. The van der Waals surface area contributed by atoms with E-state index >= 15 is 0 Å². The minimum Gasteiger partial charge on any atom is -0.497 e. The summed E-state index contributed by atoms with van der Waals surface area (Å²) < 4.78 is 15.3. The van der Waals surface area contributed by atoms with Crippen molar-refractivity contribution in [3.63, 3.8) is 0 Å². The molecule has 1 heterocycles. The number of benzene rings is 1. The molecule has 0 fully saturated rings. The Kier molecular flexibility index (Phi) is 5.60. The summed E-state index contributed by atoms with van der Waals surface area (Å²) in [4.78, 5) is 25.3. The number of carbonyl (C=O) groups is 2. The number of rotatable bonds is 7. The molecular weight excluding hydrogens is 288 g/mol. The van der Waals surface area contributed by atoms with E-state index in [0.717, 1.165) is 5.69 Å². The number of fused-ring (bicyclic) bond motifs is 1. The highest BCUT2D eigenvalue weighted by Gasteiger charge is 2.26. The molecule has 1 aromatic rings. The molecule has 0 radical (unpaired) electrons. The van der Waals surface area contributed by atoms with Crippen LogP contribution in [0, 0.1) is 0 Å². The van der Waals surface area contributed by atoms with Crippen LogP contribution < -0.4 is 15.0 Å². The Balaban J connectivity index is 2.01. The number of carbonyl (C=O) groups excluding carboxylic acids is 2. The van der Waals surface area contributed by atoms with Crippen molar-refractivity contribution in [2.45, 2.75) is 6.92 Å². The molecule has 1 aliphatic heterocycles. The molecule has 1 amide bonds. The number of amides is 1. The number of methoxy groups -OCH3 is 1. The first kappa shape index (κ1) is 16.1. The van der Waals surface area contributed by atoms with Crippen molar-refractivity contribution in [3.8, 4) is 5.75 Å². The number of hydrogen-bond donors (Lipinski definition) is 1. The van der Waals surface area contributed by atoms with E-state index in [4.69, 9.17) is 14.2 Å². The van der Waals surface area contributed by atoms with Gasteiger partial charge in [0, 0.05) is 12.7 Å². The molecule has 1 N–H and O–H groups in total. The van der Waals surface area contributed by atoms with Crippen LogP contribution in [0.2, 0.25) is 0 Å². The molecule has 0 spiro atoms. The summed E-state index contributed by atoms with van der Waals surface area (Å²) in [6.07, 6.45) is 0. The van der Waals surface area contributed by atoms with Gasteiger partial charge in [-0.25, -0.2) is 0 Å². The zero-order chi connectivity index (χ0) is 15.9. The first-order valence-corrected chi connectivity index (χ1v) is 7.11. The maximum atomic E-state index is 12.0. The van der Waals surface area contributed by atoms with Gasteiger partial charge in [0.25, 0.3) is 0 Å². The van der Waals surface area contributed by atoms with Gasteiger partial charge in [0.2, 0.25) is 5.91 Å². The molecule has 1 aliphatic rings. The van der Waals surface area contributed by atoms with E-state index in [-0.39, 0.29) is 25.6 Å². The first-order chi connectivity index (χ1) is 10.7.